The molecule has 0 aliphatic rings. The van der Waals surface area contributed by atoms with E-state index in [9.17, 15) is 0 Å². The number of hydrogen-bond donors (Lipinski definition) is 1. The van der Waals surface area contributed by atoms with Crippen LogP contribution < -0.4 is 5.32 Å². The molecule has 1 N–H and O–H groups in total. The Morgan fingerprint density at radius 2 is 2.12 bits per heavy atom. The Hall–Kier alpha value is -1.26. The molecule has 0 saturated heterocycles. The van der Waals surface area contributed by atoms with Crippen molar-refractivity contribution in [2.24, 2.45) is 0 Å². The number of nitrogens with one attached hydrogen (secondary N) is 1. The Kier molecular flexibility index (Phi) is 5.80. The summed E-state index contributed by atoms with van der Waals surface area (Å²) in [5, 5.41) is 3.52. The van der Waals surface area contributed by atoms with Gasteiger partial charge in [-0.05, 0) is 44.4 Å². The highest BCUT2D eigenvalue weighted by atomic mass is 14.9. The van der Waals surface area contributed by atoms with Gasteiger partial charge in [-0.25, -0.2) is 0 Å². The summed E-state index contributed by atoms with van der Waals surface area (Å²) >= 11 is 0. The summed E-state index contributed by atoms with van der Waals surface area (Å²) in [6.07, 6.45) is 8.32. The van der Waals surface area contributed by atoms with Gasteiger partial charge in [-0.2, -0.15) is 0 Å². The van der Waals surface area contributed by atoms with Gasteiger partial charge in [-0.1, -0.05) is 30.7 Å². The number of terminal acetylenes is 1. The zero-order valence-corrected chi connectivity index (χ0v) is 11.2. The molecule has 0 amide bonds. The number of rotatable bonds is 6. The minimum absolute atomic E-state index is 0.497. The highest BCUT2D eigenvalue weighted by Gasteiger charge is 2.09. The second-order valence-electron chi connectivity index (χ2n) is 4.63. The van der Waals surface area contributed by atoms with Crippen molar-refractivity contribution < 1.29 is 0 Å². The highest BCUT2D eigenvalue weighted by molar-refractivity contribution is 5.31. The summed E-state index contributed by atoms with van der Waals surface area (Å²) in [5.41, 5.74) is 4.14. The van der Waals surface area contributed by atoms with Crippen LogP contribution in [0.5, 0.6) is 0 Å². The fourth-order valence-electron chi connectivity index (χ4n) is 2.11. The quantitative estimate of drug-likeness (QED) is 0.738. The molecule has 1 aromatic rings. The molecule has 0 aliphatic heterocycles. The van der Waals surface area contributed by atoms with E-state index in [1.807, 2.05) is 0 Å². The zero-order valence-electron chi connectivity index (χ0n) is 11.2. The predicted molar refractivity (Wildman–Crippen MR) is 75.2 cm³/mol. The van der Waals surface area contributed by atoms with Crippen LogP contribution >= 0.6 is 0 Å². The van der Waals surface area contributed by atoms with Crippen molar-refractivity contribution in [2.45, 2.75) is 46.1 Å². The first-order chi connectivity index (χ1) is 8.17. The van der Waals surface area contributed by atoms with Gasteiger partial charge < -0.3 is 5.32 Å². The van der Waals surface area contributed by atoms with Gasteiger partial charge in [-0.15, -0.1) is 12.3 Å². The lowest BCUT2D eigenvalue weighted by atomic mass is 9.96. The predicted octanol–water partition coefficient (Wildman–Crippen LogP) is 3.24. The monoisotopic (exact) mass is 229 g/mol. The normalized spacial score (nSPS) is 12.1. The lowest BCUT2D eigenvalue weighted by Crippen LogP contribution is -2.31. The van der Waals surface area contributed by atoms with Gasteiger partial charge in [0.25, 0.3) is 0 Å². The van der Waals surface area contributed by atoms with Gasteiger partial charge in [0, 0.05) is 12.5 Å². The molecule has 0 heterocycles. The molecule has 1 unspecified atom stereocenters. The van der Waals surface area contributed by atoms with E-state index in [4.69, 9.17) is 6.42 Å². The molecule has 0 bridgehead atoms. The lowest BCUT2D eigenvalue weighted by molar-refractivity contribution is 0.496. The average Bonchev–Trinajstić information content (AvgIpc) is 2.31. The van der Waals surface area contributed by atoms with E-state index < -0.39 is 0 Å². The second kappa shape index (κ2) is 7.14. The van der Waals surface area contributed by atoms with Crippen molar-refractivity contribution in [1.82, 2.24) is 5.32 Å². The van der Waals surface area contributed by atoms with Crippen molar-refractivity contribution in [3.8, 4) is 12.3 Å². The molecule has 1 rings (SSSR count). The number of likely N-dealkylation sites (N-methyl/N-ethyl adjacent to an activating group) is 1. The van der Waals surface area contributed by atoms with Crippen LogP contribution in [0.1, 0.15) is 36.5 Å². The summed E-state index contributed by atoms with van der Waals surface area (Å²) in [7, 11) is 0. The van der Waals surface area contributed by atoms with Gasteiger partial charge in [0.05, 0.1) is 0 Å². The molecular weight excluding hydrogens is 206 g/mol. The second-order valence-corrected chi connectivity index (χ2v) is 4.63. The maximum atomic E-state index is 5.34. The van der Waals surface area contributed by atoms with Gasteiger partial charge in [-0.3, -0.25) is 0 Å². The summed E-state index contributed by atoms with van der Waals surface area (Å²) in [5.74, 6) is 2.73. The van der Waals surface area contributed by atoms with E-state index in [0.29, 0.717) is 6.04 Å². The first-order valence-corrected chi connectivity index (χ1v) is 6.40. The Labute approximate surface area is 106 Å². The zero-order chi connectivity index (χ0) is 12.7. The van der Waals surface area contributed by atoms with E-state index >= 15 is 0 Å². The summed E-state index contributed by atoms with van der Waals surface area (Å²) in [6.45, 7) is 7.47. The van der Waals surface area contributed by atoms with E-state index in [2.05, 4.69) is 50.2 Å². The van der Waals surface area contributed by atoms with Crippen LogP contribution in [0.25, 0.3) is 0 Å². The largest absolute Gasteiger partial charge is 0.314 e. The van der Waals surface area contributed by atoms with Crippen molar-refractivity contribution in [2.75, 3.05) is 6.54 Å². The highest BCUT2D eigenvalue weighted by Crippen LogP contribution is 2.14. The molecule has 0 aromatic heterocycles. The van der Waals surface area contributed by atoms with E-state index in [1.165, 1.54) is 16.7 Å². The minimum Gasteiger partial charge on any atom is -0.314 e. The van der Waals surface area contributed by atoms with Crippen molar-refractivity contribution >= 4 is 0 Å². The van der Waals surface area contributed by atoms with Crippen LogP contribution in [0, 0.1) is 26.2 Å². The van der Waals surface area contributed by atoms with Crippen molar-refractivity contribution in [3.05, 3.63) is 34.9 Å². The molecule has 0 radical (unpaired) electrons. The molecular formula is C16H23N. The van der Waals surface area contributed by atoms with Gasteiger partial charge in [0.2, 0.25) is 0 Å². The topological polar surface area (TPSA) is 12.0 Å². The third kappa shape index (κ3) is 4.63. The lowest BCUT2D eigenvalue weighted by Gasteiger charge is -2.18. The first kappa shape index (κ1) is 13.8. The van der Waals surface area contributed by atoms with Crippen LogP contribution in [-0.4, -0.2) is 12.6 Å². The van der Waals surface area contributed by atoms with Crippen molar-refractivity contribution in [1.29, 1.82) is 0 Å². The standard InChI is InChI=1S/C16H23N/c1-5-7-8-16(17-6-2)12-15-11-13(3)9-10-14(15)4/h1,9-11,16-17H,6-8,12H2,2-4H3. The van der Waals surface area contributed by atoms with Gasteiger partial charge in [0.15, 0.2) is 0 Å². The summed E-state index contributed by atoms with van der Waals surface area (Å²) in [6, 6.07) is 7.16. The van der Waals surface area contributed by atoms with Crippen LogP contribution in [0.15, 0.2) is 18.2 Å². The molecule has 0 saturated carbocycles. The summed E-state index contributed by atoms with van der Waals surface area (Å²) in [4.78, 5) is 0. The Morgan fingerprint density at radius 1 is 1.35 bits per heavy atom. The van der Waals surface area contributed by atoms with Gasteiger partial charge in [0.1, 0.15) is 0 Å². The Morgan fingerprint density at radius 3 is 2.76 bits per heavy atom. The van der Waals surface area contributed by atoms with E-state index in [1.54, 1.807) is 0 Å². The maximum absolute atomic E-state index is 5.34. The average molecular weight is 229 g/mol. The number of benzene rings is 1. The number of hydrogen-bond acceptors (Lipinski definition) is 1. The van der Waals surface area contributed by atoms with Crippen LogP contribution in [0.3, 0.4) is 0 Å². The SMILES string of the molecule is C#CCCC(Cc1cc(C)ccc1C)NCC. The van der Waals surface area contributed by atoms with E-state index in [0.717, 1.165) is 25.8 Å². The molecule has 1 atom stereocenters. The van der Waals surface area contributed by atoms with Gasteiger partial charge >= 0.3 is 0 Å². The third-order valence-corrected chi connectivity index (χ3v) is 3.10. The smallest absolute Gasteiger partial charge is 0.0116 e. The maximum Gasteiger partial charge on any atom is 0.0116 e. The molecule has 1 heteroatoms. The van der Waals surface area contributed by atoms with Crippen molar-refractivity contribution in [3.63, 3.8) is 0 Å². The minimum atomic E-state index is 0.497. The van der Waals surface area contributed by atoms with Crippen LogP contribution in [-0.2, 0) is 6.42 Å². The Bertz CT molecular complexity index is 387. The molecule has 92 valence electrons. The molecule has 0 fully saturated rings. The number of aryl methyl sites for hydroxylation is 2. The Balaban J connectivity index is 2.71. The fourth-order valence-corrected chi connectivity index (χ4v) is 2.11. The molecule has 17 heavy (non-hydrogen) atoms. The molecule has 0 aliphatic carbocycles. The fraction of sp³-hybridized carbons (Fsp3) is 0.500. The molecule has 0 spiro atoms. The molecule has 1 aromatic carbocycles. The molecule has 1 nitrogen and oxygen atoms in total. The van der Waals surface area contributed by atoms with E-state index in [-0.39, 0.29) is 0 Å². The first-order valence-electron chi connectivity index (χ1n) is 6.40. The third-order valence-electron chi connectivity index (χ3n) is 3.10. The van der Waals surface area contributed by atoms with Crippen LogP contribution in [0.2, 0.25) is 0 Å². The summed E-state index contributed by atoms with van der Waals surface area (Å²) < 4.78 is 0. The van der Waals surface area contributed by atoms with Crippen LogP contribution in [0.4, 0.5) is 0 Å².